The molecule has 0 spiro atoms. The Kier molecular flexibility index (Phi) is 5.45. The molecule has 1 atom stereocenters. The molecule has 1 saturated heterocycles. The Bertz CT molecular complexity index is 139. The number of nitrogens with two attached hydrogens (primary N) is 1. The van der Waals surface area contributed by atoms with Crippen molar-refractivity contribution >= 4 is 0 Å². The summed E-state index contributed by atoms with van der Waals surface area (Å²) < 4.78 is 0. The SMILES string of the molecule is CCC(CN)N(C)CCN1CCCC1. The van der Waals surface area contributed by atoms with Gasteiger partial charge in [0.1, 0.15) is 0 Å². The largest absolute Gasteiger partial charge is 0.329 e. The zero-order valence-corrected chi connectivity index (χ0v) is 9.71. The average Bonchev–Trinajstić information content (AvgIpc) is 2.69. The van der Waals surface area contributed by atoms with Crippen molar-refractivity contribution in [2.45, 2.75) is 32.2 Å². The van der Waals surface area contributed by atoms with Gasteiger partial charge in [0.15, 0.2) is 0 Å². The molecule has 3 nitrogen and oxygen atoms in total. The minimum Gasteiger partial charge on any atom is -0.329 e. The molecule has 0 bridgehead atoms. The third kappa shape index (κ3) is 3.56. The minimum absolute atomic E-state index is 0.567. The second-order valence-electron chi connectivity index (χ2n) is 4.33. The maximum atomic E-state index is 5.71. The molecule has 0 aromatic heterocycles. The van der Waals surface area contributed by atoms with Crippen molar-refractivity contribution in [2.75, 3.05) is 39.8 Å². The molecule has 1 aliphatic heterocycles. The normalized spacial score (nSPS) is 20.6. The number of likely N-dealkylation sites (N-methyl/N-ethyl adjacent to an activating group) is 1. The molecule has 0 saturated carbocycles. The second kappa shape index (κ2) is 6.38. The van der Waals surface area contributed by atoms with Crippen LogP contribution in [0.25, 0.3) is 0 Å². The van der Waals surface area contributed by atoms with Gasteiger partial charge >= 0.3 is 0 Å². The molecule has 3 heteroatoms. The quantitative estimate of drug-likeness (QED) is 0.685. The molecule has 2 N–H and O–H groups in total. The van der Waals surface area contributed by atoms with Crippen molar-refractivity contribution < 1.29 is 0 Å². The maximum Gasteiger partial charge on any atom is 0.0213 e. The van der Waals surface area contributed by atoms with E-state index in [2.05, 4.69) is 23.8 Å². The van der Waals surface area contributed by atoms with Crippen LogP contribution in [-0.2, 0) is 0 Å². The van der Waals surface area contributed by atoms with E-state index in [0.717, 1.165) is 19.5 Å². The van der Waals surface area contributed by atoms with E-state index in [9.17, 15) is 0 Å². The molecule has 1 heterocycles. The van der Waals surface area contributed by atoms with Crippen LogP contribution >= 0.6 is 0 Å². The van der Waals surface area contributed by atoms with Crippen molar-refractivity contribution in [3.63, 3.8) is 0 Å². The van der Waals surface area contributed by atoms with Crippen LogP contribution in [-0.4, -0.2) is 55.6 Å². The first kappa shape index (κ1) is 12.0. The lowest BCUT2D eigenvalue weighted by Crippen LogP contribution is -2.41. The fraction of sp³-hybridized carbons (Fsp3) is 1.00. The summed E-state index contributed by atoms with van der Waals surface area (Å²) in [7, 11) is 2.19. The van der Waals surface area contributed by atoms with E-state index in [1.54, 1.807) is 0 Å². The smallest absolute Gasteiger partial charge is 0.0213 e. The highest BCUT2D eigenvalue weighted by atomic mass is 15.2. The second-order valence-corrected chi connectivity index (χ2v) is 4.33. The van der Waals surface area contributed by atoms with Crippen molar-refractivity contribution in [1.29, 1.82) is 0 Å². The molecule has 84 valence electrons. The molecule has 0 aromatic carbocycles. The van der Waals surface area contributed by atoms with Gasteiger partial charge in [-0.3, -0.25) is 0 Å². The summed E-state index contributed by atoms with van der Waals surface area (Å²) in [6.45, 7) is 7.97. The molecule has 0 aliphatic carbocycles. The summed E-state index contributed by atoms with van der Waals surface area (Å²) in [5, 5.41) is 0. The van der Waals surface area contributed by atoms with Crippen molar-refractivity contribution in [2.24, 2.45) is 5.73 Å². The van der Waals surface area contributed by atoms with Gasteiger partial charge in [-0.15, -0.1) is 0 Å². The van der Waals surface area contributed by atoms with E-state index >= 15 is 0 Å². The monoisotopic (exact) mass is 199 g/mol. The Morgan fingerprint density at radius 3 is 2.50 bits per heavy atom. The molecule has 0 radical (unpaired) electrons. The Morgan fingerprint density at radius 1 is 1.36 bits per heavy atom. The Labute approximate surface area is 88.2 Å². The summed E-state index contributed by atoms with van der Waals surface area (Å²) in [4.78, 5) is 4.96. The van der Waals surface area contributed by atoms with E-state index in [4.69, 9.17) is 5.73 Å². The molecular formula is C11H25N3. The van der Waals surface area contributed by atoms with Crippen LogP contribution in [0.2, 0.25) is 0 Å². The number of likely N-dealkylation sites (tertiary alicyclic amines) is 1. The van der Waals surface area contributed by atoms with Gasteiger partial charge in [-0.2, -0.15) is 0 Å². The lowest BCUT2D eigenvalue weighted by molar-refractivity contribution is 0.204. The highest BCUT2D eigenvalue weighted by Crippen LogP contribution is 2.07. The minimum atomic E-state index is 0.567. The van der Waals surface area contributed by atoms with Gasteiger partial charge in [-0.25, -0.2) is 0 Å². The molecule has 14 heavy (non-hydrogen) atoms. The average molecular weight is 199 g/mol. The number of hydrogen-bond acceptors (Lipinski definition) is 3. The molecule has 1 unspecified atom stereocenters. The van der Waals surface area contributed by atoms with Gasteiger partial charge in [-0.05, 0) is 39.4 Å². The third-order valence-electron chi connectivity index (χ3n) is 3.33. The van der Waals surface area contributed by atoms with Crippen LogP contribution in [0.4, 0.5) is 0 Å². The first-order chi connectivity index (χ1) is 6.77. The van der Waals surface area contributed by atoms with E-state index in [1.807, 2.05) is 0 Å². The summed E-state index contributed by atoms with van der Waals surface area (Å²) in [5.74, 6) is 0. The zero-order chi connectivity index (χ0) is 10.4. The number of nitrogens with zero attached hydrogens (tertiary/aromatic N) is 2. The number of hydrogen-bond donors (Lipinski definition) is 1. The van der Waals surface area contributed by atoms with Crippen molar-refractivity contribution in [3.8, 4) is 0 Å². The first-order valence-electron chi connectivity index (χ1n) is 5.90. The third-order valence-corrected chi connectivity index (χ3v) is 3.33. The van der Waals surface area contributed by atoms with E-state index in [0.29, 0.717) is 6.04 Å². The van der Waals surface area contributed by atoms with Gasteiger partial charge in [0.2, 0.25) is 0 Å². The maximum absolute atomic E-state index is 5.71. The highest BCUT2D eigenvalue weighted by molar-refractivity contribution is 4.71. The van der Waals surface area contributed by atoms with Crippen LogP contribution in [0.1, 0.15) is 26.2 Å². The molecule has 1 aliphatic rings. The van der Waals surface area contributed by atoms with Crippen molar-refractivity contribution in [3.05, 3.63) is 0 Å². The van der Waals surface area contributed by atoms with Crippen LogP contribution in [0, 0.1) is 0 Å². The lowest BCUT2D eigenvalue weighted by atomic mass is 10.2. The van der Waals surface area contributed by atoms with Gasteiger partial charge in [0, 0.05) is 25.7 Å². The van der Waals surface area contributed by atoms with Crippen LogP contribution in [0.5, 0.6) is 0 Å². The molecule has 1 fully saturated rings. The van der Waals surface area contributed by atoms with Gasteiger partial charge < -0.3 is 15.5 Å². The highest BCUT2D eigenvalue weighted by Gasteiger charge is 2.14. The topological polar surface area (TPSA) is 32.5 Å². The predicted octanol–water partition coefficient (Wildman–Crippen LogP) is 0.751. The Morgan fingerprint density at radius 2 is 2.00 bits per heavy atom. The summed E-state index contributed by atoms with van der Waals surface area (Å²) in [6.07, 6.45) is 3.93. The summed E-state index contributed by atoms with van der Waals surface area (Å²) >= 11 is 0. The summed E-state index contributed by atoms with van der Waals surface area (Å²) in [6, 6.07) is 0.567. The molecule has 0 aromatic rings. The Balaban J connectivity index is 2.15. The standard InChI is InChI=1S/C11H25N3/c1-3-11(10-12)13(2)8-9-14-6-4-5-7-14/h11H,3-10,12H2,1-2H3. The van der Waals surface area contributed by atoms with Crippen LogP contribution in [0.3, 0.4) is 0 Å². The van der Waals surface area contributed by atoms with Crippen molar-refractivity contribution in [1.82, 2.24) is 9.80 Å². The fourth-order valence-electron chi connectivity index (χ4n) is 2.15. The number of rotatable bonds is 6. The van der Waals surface area contributed by atoms with Crippen LogP contribution < -0.4 is 5.73 Å². The van der Waals surface area contributed by atoms with E-state index < -0.39 is 0 Å². The zero-order valence-electron chi connectivity index (χ0n) is 9.71. The molecule has 1 rings (SSSR count). The molecule has 0 amide bonds. The lowest BCUT2D eigenvalue weighted by Gasteiger charge is -2.27. The van der Waals surface area contributed by atoms with Gasteiger partial charge in [0.05, 0.1) is 0 Å². The first-order valence-corrected chi connectivity index (χ1v) is 5.90. The van der Waals surface area contributed by atoms with Gasteiger partial charge in [0.25, 0.3) is 0 Å². The Hall–Kier alpha value is -0.120. The van der Waals surface area contributed by atoms with Crippen LogP contribution in [0.15, 0.2) is 0 Å². The van der Waals surface area contributed by atoms with E-state index in [-0.39, 0.29) is 0 Å². The summed E-state index contributed by atoms with van der Waals surface area (Å²) in [5.41, 5.74) is 5.71. The predicted molar refractivity (Wildman–Crippen MR) is 61.4 cm³/mol. The molecular weight excluding hydrogens is 174 g/mol. The van der Waals surface area contributed by atoms with E-state index in [1.165, 1.54) is 32.5 Å². The fourth-order valence-corrected chi connectivity index (χ4v) is 2.15. The van der Waals surface area contributed by atoms with Gasteiger partial charge in [-0.1, -0.05) is 6.92 Å².